The van der Waals surface area contributed by atoms with Crippen molar-refractivity contribution in [1.29, 1.82) is 0 Å². The molecule has 4 saturated heterocycles. The summed E-state index contributed by atoms with van der Waals surface area (Å²) in [6.45, 7) is 6.74. The number of piperidine rings is 2. The maximum absolute atomic E-state index is 14.5. The van der Waals surface area contributed by atoms with Gasteiger partial charge in [0.1, 0.15) is 23.0 Å². The van der Waals surface area contributed by atoms with Gasteiger partial charge in [0.05, 0.1) is 22.1 Å². The molecular formula is C50H54ClF3N10O4. The first kappa shape index (κ1) is 46.8. The molecule has 4 aliphatic rings. The molecule has 4 aliphatic heterocycles. The number of likely N-dealkylation sites (tertiary alicyclic amines) is 2. The number of hydrogen-bond acceptors (Lipinski definition) is 10. The first-order valence-corrected chi connectivity index (χ1v) is 23.6. The van der Waals surface area contributed by atoms with E-state index in [1.54, 1.807) is 49.5 Å². The summed E-state index contributed by atoms with van der Waals surface area (Å²) < 4.78 is 42.6. The standard InChI is InChI=1S/C25H27ClFN5O2.C25H27F2N5O2/c1-28-24(33)19-5-6-21(23(26)29-19)31-11-8-17(9-12-31)32-10-7-16(14-32)20-13-15-3-2-4-18(27)22(15)25(34)30-20;1-28-24(33)19-5-6-21(23(27)29-19)31-11-8-17(9-12-31)32-10-7-16(14-32)20-13-15-3-2-4-18(26)22(15)25(34)30-20/h2*2-6,13,16-17H,7-12,14H2,1H3,(H,28,33)(H,30,34). The molecule has 0 spiro atoms. The number of H-pyrrole nitrogens is 2. The van der Waals surface area contributed by atoms with Crippen LogP contribution in [0.5, 0.6) is 0 Å². The lowest BCUT2D eigenvalue weighted by Gasteiger charge is -2.38. The van der Waals surface area contributed by atoms with Crippen LogP contribution < -0.4 is 31.6 Å². The molecule has 6 aromatic rings. The first-order chi connectivity index (χ1) is 32.9. The predicted molar refractivity (Wildman–Crippen MR) is 258 cm³/mol. The van der Waals surface area contributed by atoms with Gasteiger partial charge in [-0.15, -0.1) is 0 Å². The highest BCUT2D eigenvalue weighted by atomic mass is 35.5. The molecule has 0 aliphatic carbocycles. The number of hydrogen-bond donors (Lipinski definition) is 4. The quantitative estimate of drug-likeness (QED) is 0.123. The van der Waals surface area contributed by atoms with Crippen molar-refractivity contribution in [1.82, 2.24) is 40.4 Å². The van der Waals surface area contributed by atoms with Crippen molar-refractivity contribution in [3.63, 3.8) is 0 Å². The van der Waals surface area contributed by atoms with Crippen LogP contribution in [0.3, 0.4) is 0 Å². The number of aromatic nitrogens is 4. The molecule has 2 unspecified atom stereocenters. The number of carbonyl (C=O) groups is 2. The van der Waals surface area contributed by atoms with Crippen LogP contribution in [0, 0.1) is 17.6 Å². The zero-order valence-corrected chi connectivity index (χ0v) is 38.7. The van der Waals surface area contributed by atoms with Gasteiger partial charge in [-0.1, -0.05) is 35.9 Å². The van der Waals surface area contributed by atoms with E-state index in [1.165, 1.54) is 19.2 Å². The topological polar surface area (TPSA) is 163 Å². The Balaban J connectivity index is 0.000000170. The number of rotatable bonds is 8. The molecule has 0 radical (unpaired) electrons. The highest BCUT2D eigenvalue weighted by Gasteiger charge is 2.34. The molecule has 4 aromatic heterocycles. The second-order valence-electron chi connectivity index (χ2n) is 18.1. The second-order valence-corrected chi connectivity index (χ2v) is 18.4. The maximum Gasteiger partial charge on any atom is 0.269 e. The molecule has 2 aromatic carbocycles. The number of benzene rings is 2. The molecule has 14 nitrogen and oxygen atoms in total. The summed E-state index contributed by atoms with van der Waals surface area (Å²) in [6, 6.07) is 20.9. The number of carbonyl (C=O) groups excluding carboxylic acids is 2. The number of nitrogens with zero attached hydrogens (tertiary/aromatic N) is 6. The van der Waals surface area contributed by atoms with Crippen LogP contribution >= 0.6 is 11.6 Å². The van der Waals surface area contributed by atoms with Gasteiger partial charge in [-0.05, 0) is 111 Å². The smallest absolute Gasteiger partial charge is 0.269 e. The molecule has 68 heavy (non-hydrogen) atoms. The highest BCUT2D eigenvalue weighted by Crippen LogP contribution is 2.35. The van der Waals surface area contributed by atoms with E-state index in [-0.39, 0.29) is 45.3 Å². The average molecular weight is 951 g/mol. The summed E-state index contributed by atoms with van der Waals surface area (Å²) in [4.78, 5) is 71.4. The normalized spacial score (nSPS) is 19.6. The van der Waals surface area contributed by atoms with E-state index >= 15 is 0 Å². The van der Waals surface area contributed by atoms with Crippen LogP contribution in [0.2, 0.25) is 5.15 Å². The molecular weight excluding hydrogens is 897 g/mol. The van der Waals surface area contributed by atoms with Gasteiger partial charge < -0.3 is 30.4 Å². The van der Waals surface area contributed by atoms with Gasteiger partial charge in [-0.2, -0.15) is 4.39 Å². The van der Waals surface area contributed by atoms with Crippen molar-refractivity contribution in [2.75, 3.05) is 76.3 Å². The van der Waals surface area contributed by atoms with Crippen molar-refractivity contribution in [2.45, 2.75) is 62.4 Å². The minimum atomic E-state index is -0.627. The Bertz CT molecular complexity index is 2770. The number of amides is 2. The monoisotopic (exact) mass is 950 g/mol. The maximum atomic E-state index is 14.5. The Morgan fingerprint density at radius 2 is 1.04 bits per heavy atom. The Morgan fingerprint density at radius 3 is 1.49 bits per heavy atom. The Kier molecular flexibility index (Phi) is 13.8. The Labute approximate surface area is 395 Å². The molecule has 8 heterocycles. The fraction of sp³-hybridized carbons (Fsp3) is 0.400. The number of anilines is 2. The van der Waals surface area contributed by atoms with Gasteiger partial charge in [0.25, 0.3) is 22.9 Å². The number of fused-ring (bicyclic) bond motifs is 2. The number of pyridine rings is 4. The molecule has 0 saturated carbocycles. The lowest BCUT2D eigenvalue weighted by molar-refractivity contribution is 0.0949. The number of nitrogens with one attached hydrogen (secondary N) is 4. The molecule has 0 bridgehead atoms. The van der Waals surface area contributed by atoms with E-state index < -0.39 is 23.5 Å². The zero-order valence-electron chi connectivity index (χ0n) is 38.0. The van der Waals surface area contributed by atoms with Gasteiger partial charge in [0, 0.05) is 88.7 Å². The minimum Gasteiger partial charge on any atom is -0.369 e. The highest BCUT2D eigenvalue weighted by molar-refractivity contribution is 6.32. The van der Waals surface area contributed by atoms with Crippen LogP contribution in [0.25, 0.3) is 21.5 Å². The second kappa shape index (κ2) is 20.1. The van der Waals surface area contributed by atoms with Crippen molar-refractivity contribution < 1.29 is 22.8 Å². The Morgan fingerprint density at radius 1 is 0.603 bits per heavy atom. The van der Waals surface area contributed by atoms with Gasteiger partial charge >= 0.3 is 0 Å². The summed E-state index contributed by atoms with van der Waals surface area (Å²) in [7, 11) is 3.05. The van der Waals surface area contributed by atoms with E-state index in [1.807, 2.05) is 23.1 Å². The van der Waals surface area contributed by atoms with Crippen molar-refractivity contribution in [3.8, 4) is 0 Å². The minimum absolute atomic E-state index is 0.0659. The van der Waals surface area contributed by atoms with Gasteiger partial charge in [0.15, 0.2) is 5.15 Å². The lowest BCUT2D eigenvalue weighted by Crippen LogP contribution is -2.44. The molecule has 2 amide bonds. The fourth-order valence-electron chi connectivity index (χ4n) is 10.6. The van der Waals surface area contributed by atoms with Crippen LogP contribution in [0.4, 0.5) is 24.5 Å². The third kappa shape index (κ3) is 9.69. The first-order valence-electron chi connectivity index (χ1n) is 23.3. The lowest BCUT2D eigenvalue weighted by atomic mass is 10.0. The van der Waals surface area contributed by atoms with E-state index in [2.05, 4.69) is 45.3 Å². The van der Waals surface area contributed by atoms with Gasteiger partial charge in [-0.25, -0.2) is 18.7 Å². The van der Waals surface area contributed by atoms with E-state index in [4.69, 9.17) is 11.6 Å². The summed E-state index contributed by atoms with van der Waals surface area (Å²) in [5, 5.41) is 6.87. The predicted octanol–water partition coefficient (Wildman–Crippen LogP) is 6.55. The average Bonchev–Trinajstić information content (AvgIpc) is 4.06. The van der Waals surface area contributed by atoms with Gasteiger partial charge in [0.2, 0.25) is 5.95 Å². The summed E-state index contributed by atoms with van der Waals surface area (Å²) in [5.74, 6) is -1.85. The molecule has 4 N–H and O–H groups in total. The fourth-order valence-corrected chi connectivity index (χ4v) is 10.8. The molecule has 2 atom stereocenters. The summed E-state index contributed by atoms with van der Waals surface area (Å²) in [5.41, 5.74) is 2.66. The van der Waals surface area contributed by atoms with E-state index in [0.717, 1.165) is 94.9 Å². The summed E-state index contributed by atoms with van der Waals surface area (Å²) >= 11 is 6.38. The van der Waals surface area contributed by atoms with E-state index in [9.17, 15) is 32.3 Å². The zero-order chi connectivity index (χ0) is 47.6. The largest absolute Gasteiger partial charge is 0.369 e. The van der Waals surface area contributed by atoms with Crippen molar-refractivity contribution in [3.05, 3.63) is 139 Å². The van der Waals surface area contributed by atoms with Crippen LogP contribution in [0.15, 0.2) is 82.4 Å². The molecule has 356 valence electrons. The molecule has 18 heteroatoms. The molecule has 10 rings (SSSR count). The molecule has 4 fully saturated rings. The number of halogens is 4. The van der Waals surface area contributed by atoms with Crippen LogP contribution in [0.1, 0.15) is 82.7 Å². The SMILES string of the molecule is CNC(=O)c1ccc(N2CCC(N3CCC(c4cc5cccc(F)c5c(=O)[nH]4)C3)CC2)c(Cl)n1.CNC(=O)c1ccc(N2CCC(N3CCC(c4cc5cccc(F)c5c(=O)[nH]4)C3)CC2)c(F)n1. The Hall–Kier alpha value is -6.30. The third-order valence-corrected chi connectivity index (χ3v) is 14.5. The van der Waals surface area contributed by atoms with Gasteiger partial charge in [-0.3, -0.25) is 29.0 Å². The van der Waals surface area contributed by atoms with Crippen LogP contribution in [-0.2, 0) is 0 Å². The number of aromatic amines is 2. The van der Waals surface area contributed by atoms with Crippen LogP contribution in [-0.4, -0.2) is 120 Å². The van der Waals surface area contributed by atoms with Crippen molar-refractivity contribution >= 4 is 56.3 Å². The third-order valence-electron chi connectivity index (χ3n) is 14.2. The van der Waals surface area contributed by atoms with Crippen molar-refractivity contribution in [2.24, 2.45) is 0 Å². The summed E-state index contributed by atoms with van der Waals surface area (Å²) in [6.07, 6.45) is 5.68. The van der Waals surface area contributed by atoms with E-state index in [0.29, 0.717) is 52.5 Å².